The van der Waals surface area contributed by atoms with E-state index in [0.29, 0.717) is 11.7 Å². The predicted molar refractivity (Wildman–Crippen MR) is 51.6 cm³/mol. The first-order chi connectivity index (χ1) is 6.77. The van der Waals surface area contributed by atoms with Gasteiger partial charge in [0.25, 0.3) is 0 Å². The van der Waals surface area contributed by atoms with Crippen LogP contribution in [0.4, 0.5) is 0 Å². The average molecular weight is 189 g/mol. The van der Waals surface area contributed by atoms with Crippen LogP contribution in [0.25, 0.3) is 11.4 Å². The van der Waals surface area contributed by atoms with Crippen LogP contribution in [-0.4, -0.2) is 15.1 Å². The van der Waals surface area contributed by atoms with Crippen molar-refractivity contribution in [1.29, 1.82) is 0 Å². The maximum atomic E-state index is 5.09. The Morgan fingerprint density at radius 2 is 2.21 bits per heavy atom. The summed E-state index contributed by atoms with van der Waals surface area (Å²) in [6, 6.07) is 3.75. The highest BCUT2D eigenvalue weighted by atomic mass is 16.5. The van der Waals surface area contributed by atoms with Gasteiger partial charge in [0.05, 0.1) is 0 Å². The summed E-state index contributed by atoms with van der Waals surface area (Å²) in [6.07, 6.45) is 3.43. The summed E-state index contributed by atoms with van der Waals surface area (Å²) < 4.78 is 5.09. The van der Waals surface area contributed by atoms with E-state index in [9.17, 15) is 0 Å². The lowest BCUT2D eigenvalue weighted by molar-refractivity contribution is 0.365. The minimum absolute atomic E-state index is 0.257. The van der Waals surface area contributed by atoms with E-state index >= 15 is 0 Å². The molecule has 4 heteroatoms. The van der Waals surface area contributed by atoms with Crippen molar-refractivity contribution >= 4 is 0 Å². The Morgan fingerprint density at radius 3 is 2.79 bits per heavy atom. The number of rotatable bonds is 2. The monoisotopic (exact) mass is 189 g/mol. The zero-order valence-electron chi connectivity index (χ0n) is 8.14. The highest BCUT2D eigenvalue weighted by molar-refractivity contribution is 5.51. The molecule has 0 radical (unpaired) electrons. The van der Waals surface area contributed by atoms with E-state index in [4.69, 9.17) is 4.52 Å². The third-order valence-electron chi connectivity index (χ3n) is 1.86. The molecular formula is C10H11N3O. The van der Waals surface area contributed by atoms with Crippen molar-refractivity contribution in [2.75, 3.05) is 0 Å². The third kappa shape index (κ3) is 1.64. The molecule has 0 fully saturated rings. The zero-order chi connectivity index (χ0) is 9.97. The molecule has 0 aliphatic heterocycles. The second kappa shape index (κ2) is 3.57. The van der Waals surface area contributed by atoms with Crippen LogP contribution in [0.1, 0.15) is 25.7 Å². The molecule has 4 nitrogen and oxygen atoms in total. The molecule has 0 atom stereocenters. The Hall–Kier alpha value is -1.71. The van der Waals surface area contributed by atoms with Gasteiger partial charge in [-0.05, 0) is 12.1 Å². The van der Waals surface area contributed by atoms with Gasteiger partial charge in [-0.2, -0.15) is 4.98 Å². The lowest BCUT2D eigenvalue weighted by atomic mass is 10.2. The van der Waals surface area contributed by atoms with E-state index in [-0.39, 0.29) is 5.92 Å². The van der Waals surface area contributed by atoms with Gasteiger partial charge in [-0.15, -0.1) is 0 Å². The van der Waals surface area contributed by atoms with E-state index in [1.165, 1.54) is 0 Å². The molecule has 0 aliphatic rings. The third-order valence-corrected chi connectivity index (χ3v) is 1.86. The fourth-order valence-electron chi connectivity index (χ4n) is 1.08. The van der Waals surface area contributed by atoms with Gasteiger partial charge in [0, 0.05) is 23.9 Å². The fraction of sp³-hybridized carbons (Fsp3) is 0.300. The van der Waals surface area contributed by atoms with Crippen molar-refractivity contribution in [1.82, 2.24) is 15.1 Å². The molecule has 2 rings (SSSR count). The maximum absolute atomic E-state index is 5.09. The number of hydrogen-bond acceptors (Lipinski definition) is 4. The van der Waals surface area contributed by atoms with Crippen LogP contribution in [0.5, 0.6) is 0 Å². The van der Waals surface area contributed by atoms with Crippen LogP contribution in [0.3, 0.4) is 0 Å². The average Bonchev–Trinajstić information content (AvgIpc) is 2.68. The molecule has 0 unspecified atom stereocenters. The van der Waals surface area contributed by atoms with Gasteiger partial charge in [-0.25, -0.2) is 0 Å². The first kappa shape index (κ1) is 8.87. The summed E-state index contributed by atoms with van der Waals surface area (Å²) in [6.45, 7) is 4.03. The minimum atomic E-state index is 0.257. The Kier molecular flexibility index (Phi) is 2.26. The van der Waals surface area contributed by atoms with Gasteiger partial charge in [0.15, 0.2) is 0 Å². The molecule has 0 amide bonds. The van der Waals surface area contributed by atoms with Gasteiger partial charge >= 0.3 is 0 Å². The minimum Gasteiger partial charge on any atom is -0.339 e. The Bertz CT molecular complexity index is 408. The summed E-state index contributed by atoms with van der Waals surface area (Å²) in [5.74, 6) is 1.51. The fourth-order valence-corrected chi connectivity index (χ4v) is 1.08. The van der Waals surface area contributed by atoms with E-state index < -0.39 is 0 Å². The van der Waals surface area contributed by atoms with Gasteiger partial charge < -0.3 is 4.52 Å². The highest BCUT2D eigenvalue weighted by Gasteiger charge is 2.10. The van der Waals surface area contributed by atoms with Crippen molar-refractivity contribution in [3.05, 3.63) is 30.4 Å². The standard InChI is InChI=1S/C10H11N3O/c1-7(2)10-12-9(13-14-10)8-4-3-5-11-6-8/h3-7H,1-2H3. The number of hydrogen-bond donors (Lipinski definition) is 0. The SMILES string of the molecule is CC(C)c1nc(-c2cccnc2)no1. The number of pyridine rings is 1. The smallest absolute Gasteiger partial charge is 0.229 e. The molecule has 0 saturated carbocycles. The van der Waals surface area contributed by atoms with Crippen molar-refractivity contribution in [3.63, 3.8) is 0 Å². The maximum Gasteiger partial charge on any atom is 0.229 e. The van der Waals surface area contributed by atoms with Crippen LogP contribution in [0.15, 0.2) is 29.0 Å². The molecule has 2 heterocycles. The normalized spacial score (nSPS) is 10.8. The van der Waals surface area contributed by atoms with Gasteiger partial charge in [0.2, 0.25) is 11.7 Å². The quantitative estimate of drug-likeness (QED) is 0.727. The van der Waals surface area contributed by atoms with Gasteiger partial charge in [-0.1, -0.05) is 19.0 Å². The summed E-state index contributed by atoms with van der Waals surface area (Å²) in [7, 11) is 0. The van der Waals surface area contributed by atoms with E-state index in [2.05, 4.69) is 15.1 Å². The molecule has 0 aromatic carbocycles. The van der Waals surface area contributed by atoms with Crippen LogP contribution >= 0.6 is 0 Å². The molecule has 2 aromatic heterocycles. The number of aromatic nitrogens is 3. The summed E-state index contributed by atoms with van der Waals surface area (Å²) >= 11 is 0. The summed E-state index contributed by atoms with van der Waals surface area (Å²) in [4.78, 5) is 8.26. The summed E-state index contributed by atoms with van der Waals surface area (Å²) in [5.41, 5.74) is 0.878. The lowest BCUT2D eigenvalue weighted by Crippen LogP contribution is -1.86. The Balaban J connectivity index is 2.34. The van der Waals surface area contributed by atoms with Crippen LogP contribution in [-0.2, 0) is 0 Å². The number of nitrogens with zero attached hydrogens (tertiary/aromatic N) is 3. The van der Waals surface area contributed by atoms with Crippen molar-refractivity contribution in [2.24, 2.45) is 0 Å². The van der Waals surface area contributed by atoms with E-state index in [1.54, 1.807) is 12.4 Å². The Morgan fingerprint density at radius 1 is 1.36 bits per heavy atom. The zero-order valence-corrected chi connectivity index (χ0v) is 8.14. The first-order valence-electron chi connectivity index (χ1n) is 4.51. The van der Waals surface area contributed by atoms with Crippen LogP contribution in [0, 0.1) is 0 Å². The molecule has 0 bridgehead atoms. The second-order valence-corrected chi connectivity index (χ2v) is 3.35. The molecule has 0 spiro atoms. The first-order valence-corrected chi connectivity index (χ1v) is 4.51. The van der Waals surface area contributed by atoms with Gasteiger partial charge in [0.1, 0.15) is 0 Å². The van der Waals surface area contributed by atoms with Crippen LogP contribution in [0.2, 0.25) is 0 Å². The molecule has 2 aromatic rings. The second-order valence-electron chi connectivity index (χ2n) is 3.35. The summed E-state index contributed by atoms with van der Waals surface area (Å²) in [5, 5.41) is 3.88. The van der Waals surface area contributed by atoms with E-state index in [0.717, 1.165) is 5.56 Å². The largest absolute Gasteiger partial charge is 0.339 e. The van der Waals surface area contributed by atoms with E-state index in [1.807, 2.05) is 26.0 Å². The van der Waals surface area contributed by atoms with Gasteiger partial charge in [-0.3, -0.25) is 4.98 Å². The van der Waals surface area contributed by atoms with Crippen LogP contribution < -0.4 is 0 Å². The predicted octanol–water partition coefficient (Wildman–Crippen LogP) is 2.25. The highest BCUT2D eigenvalue weighted by Crippen LogP contribution is 2.17. The lowest BCUT2D eigenvalue weighted by Gasteiger charge is -1.92. The van der Waals surface area contributed by atoms with Crippen molar-refractivity contribution < 1.29 is 4.52 Å². The topological polar surface area (TPSA) is 51.8 Å². The molecule has 0 saturated heterocycles. The molecule has 0 aliphatic carbocycles. The molecule has 14 heavy (non-hydrogen) atoms. The molecular weight excluding hydrogens is 178 g/mol. The van der Waals surface area contributed by atoms with Crippen molar-refractivity contribution in [2.45, 2.75) is 19.8 Å². The molecule has 72 valence electrons. The van der Waals surface area contributed by atoms with Crippen molar-refractivity contribution in [3.8, 4) is 11.4 Å². The molecule has 0 N–H and O–H groups in total. The Labute approximate surface area is 82.0 Å².